The molecule has 0 bridgehead atoms. The van der Waals surface area contributed by atoms with Gasteiger partial charge in [0, 0.05) is 5.56 Å². The molecule has 2 rings (SSSR count). The van der Waals surface area contributed by atoms with E-state index in [0.717, 1.165) is 18.0 Å². The fourth-order valence-corrected chi connectivity index (χ4v) is 2.68. The largest absolute Gasteiger partial charge is 0.493 e. The van der Waals surface area contributed by atoms with Crippen molar-refractivity contribution < 1.29 is 14.4 Å². The normalized spacial score (nSPS) is 17.2. The maximum Gasteiger partial charge on any atom is 0.161 e. The lowest BCUT2D eigenvalue weighted by Gasteiger charge is -2.17. The number of likely N-dealkylation sites (tertiary alicyclic amines) is 1. The first kappa shape index (κ1) is 13.2. The minimum atomic E-state index is 0.812. The summed E-state index contributed by atoms with van der Waals surface area (Å²) in [4.78, 5) is 1.69. The number of methoxy groups -OCH3 is 2. The summed E-state index contributed by atoms with van der Waals surface area (Å²) in [5.41, 5.74) is 1.34. The van der Waals surface area contributed by atoms with Crippen LogP contribution in [0.2, 0.25) is 0 Å². The molecule has 0 amide bonds. The van der Waals surface area contributed by atoms with Gasteiger partial charge in [-0.2, -0.15) is 0 Å². The molecule has 1 heterocycles. The number of rotatable bonds is 4. The van der Waals surface area contributed by atoms with Crippen LogP contribution in [0, 0.1) is 0 Å². The van der Waals surface area contributed by atoms with Crippen LogP contribution in [-0.4, -0.2) is 27.3 Å². The molecule has 0 atom stereocenters. The number of quaternary nitrogens is 1. The Morgan fingerprint density at radius 3 is 2.22 bits per heavy atom. The molecule has 1 aromatic rings. The Morgan fingerprint density at radius 1 is 0.944 bits per heavy atom. The molecule has 0 saturated carbocycles. The third-order valence-corrected chi connectivity index (χ3v) is 3.71. The lowest BCUT2D eigenvalue weighted by molar-refractivity contribution is -0.913. The second-order valence-corrected chi connectivity index (χ2v) is 5.03. The Bertz CT molecular complexity index is 371. The van der Waals surface area contributed by atoms with Gasteiger partial charge in [0.05, 0.1) is 27.3 Å². The maximum absolute atomic E-state index is 5.36. The highest BCUT2D eigenvalue weighted by Crippen LogP contribution is 2.27. The van der Waals surface area contributed by atoms with Gasteiger partial charge < -0.3 is 14.4 Å². The number of hydrogen-bond acceptors (Lipinski definition) is 2. The first-order valence-electron chi connectivity index (χ1n) is 6.88. The molecule has 1 aliphatic heterocycles. The Hall–Kier alpha value is -1.22. The molecule has 0 aliphatic carbocycles. The predicted octanol–water partition coefficient (Wildman–Crippen LogP) is 1.66. The summed E-state index contributed by atoms with van der Waals surface area (Å²) >= 11 is 0. The molecule has 1 saturated heterocycles. The predicted molar refractivity (Wildman–Crippen MR) is 72.4 cm³/mol. The topological polar surface area (TPSA) is 22.9 Å². The molecule has 1 aliphatic rings. The van der Waals surface area contributed by atoms with Crippen molar-refractivity contribution >= 4 is 0 Å². The summed E-state index contributed by atoms with van der Waals surface area (Å²) in [7, 11) is 3.37. The highest BCUT2D eigenvalue weighted by Gasteiger charge is 2.14. The fourth-order valence-electron chi connectivity index (χ4n) is 2.68. The van der Waals surface area contributed by atoms with E-state index in [-0.39, 0.29) is 0 Å². The van der Waals surface area contributed by atoms with Crippen LogP contribution in [0.15, 0.2) is 18.2 Å². The molecule has 18 heavy (non-hydrogen) atoms. The average Bonchev–Trinajstić information content (AvgIpc) is 2.67. The van der Waals surface area contributed by atoms with Crippen molar-refractivity contribution in [3.8, 4) is 11.5 Å². The summed E-state index contributed by atoms with van der Waals surface area (Å²) in [5, 5.41) is 0. The average molecular weight is 250 g/mol. The third-order valence-electron chi connectivity index (χ3n) is 3.71. The zero-order valence-corrected chi connectivity index (χ0v) is 11.5. The lowest BCUT2D eigenvalue weighted by atomic mass is 10.2. The van der Waals surface area contributed by atoms with Gasteiger partial charge in [-0.25, -0.2) is 0 Å². The first-order valence-corrected chi connectivity index (χ1v) is 6.88. The molecule has 3 nitrogen and oxygen atoms in total. The summed E-state index contributed by atoms with van der Waals surface area (Å²) in [6.07, 6.45) is 5.52. The maximum atomic E-state index is 5.36. The van der Waals surface area contributed by atoms with Gasteiger partial charge >= 0.3 is 0 Å². The molecule has 100 valence electrons. The zero-order valence-electron chi connectivity index (χ0n) is 11.5. The smallest absolute Gasteiger partial charge is 0.161 e. The highest BCUT2D eigenvalue weighted by molar-refractivity contribution is 5.42. The summed E-state index contributed by atoms with van der Waals surface area (Å²) in [6, 6.07) is 6.27. The summed E-state index contributed by atoms with van der Waals surface area (Å²) in [5.74, 6) is 1.65. The van der Waals surface area contributed by atoms with Crippen LogP contribution in [0.1, 0.15) is 31.2 Å². The van der Waals surface area contributed by atoms with E-state index >= 15 is 0 Å². The van der Waals surface area contributed by atoms with Crippen molar-refractivity contribution in [1.29, 1.82) is 0 Å². The van der Waals surface area contributed by atoms with E-state index < -0.39 is 0 Å². The van der Waals surface area contributed by atoms with Crippen molar-refractivity contribution in [3.05, 3.63) is 23.8 Å². The molecule has 0 radical (unpaired) electrons. The van der Waals surface area contributed by atoms with E-state index in [4.69, 9.17) is 9.47 Å². The van der Waals surface area contributed by atoms with Crippen LogP contribution < -0.4 is 14.4 Å². The molecular formula is C15H24NO2+. The van der Waals surface area contributed by atoms with E-state index in [1.54, 1.807) is 19.1 Å². The van der Waals surface area contributed by atoms with Crippen LogP contribution in [0.25, 0.3) is 0 Å². The molecule has 0 aromatic heterocycles. The van der Waals surface area contributed by atoms with Gasteiger partial charge in [0.2, 0.25) is 0 Å². The molecule has 0 unspecified atom stereocenters. The summed E-state index contributed by atoms with van der Waals surface area (Å²) in [6.45, 7) is 3.70. The Morgan fingerprint density at radius 2 is 1.61 bits per heavy atom. The van der Waals surface area contributed by atoms with Crippen LogP contribution in [-0.2, 0) is 6.54 Å². The quantitative estimate of drug-likeness (QED) is 0.878. The Balaban J connectivity index is 2.03. The van der Waals surface area contributed by atoms with E-state index in [2.05, 4.69) is 12.1 Å². The van der Waals surface area contributed by atoms with Crippen LogP contribution in [0.3, 0.4) is 0 Å². The van der Waals surface area contributed by atoms with Crippen molar-refractivity contribution in [1.82, 2.24) is 0 Å². The molecule has 3 heteroatoms. The van der Waals surface area contributed by atoms with Gasteiger partial charge in [-0.1, -0.05) is 0 Å². The molecule has 1 aromatic carbocycles. The van der Waals surface area contributed by atoms with Gasteiger partial charge in [0.15, 0.2) is 11.5 Å². The van der Waals surface area contributed by atoms with Crippen LogP contribution in [0.4, 0.5) is 0 Å². The van der Waals surface area contributed by atoms with E-state index in [1.165, 1.54) is 44.3 Å². The molecule has 1 fully saturated rings. The number of ether oxygens (including phenoxy) is 2. The molecular weight excluding hydrogens is 226 g/mol. The van der Waals surface area contributed by atoms with Crippen molar-refractivity contribution in [3.63, 3.8) is 0 Å². The highest BCUT2D eigenvalue weighted by atomic mass is 16.5. The van der Waals surface area contributed by atoms with Crippen molar-refractivity contribution in [2.75, 3.05) is 27.3 Å². The molecule has 0 spiro atoms. The Kier molecular flexibility index (Phi) is 4.88. The van der Waals surface area contributed by atoms with Gasteiger partial charge in [-0.05, 0) is 43.9 Å². The number of nitrogens with one attached hydrogen (secondary N) is 1. The summed E-state index contributed by atoms with van der Waals surface area (Å²) < 4.78 is 10.6. The standard InChI is InChI=1S/C15H23NO2/c1-17-14-8-7-13(11-15(14)18-2)12-16-9-5-3-4-6-10-16/h7-8,11H,3-6,9-10,12H2,1-2H3/p+1. The minimum Gasteiger partial charge on any atom is -0.493 e. The second kappa shape index (κ2) is 6.64. The zero-order chi connectivity index (χ0) is 12.8. The van der Waals surface area contributed by atoms with E-state index in [9.17, 15) is 0 Å². The van der Waals surface area contributed by atoms with Gasteiger partial charge in [-0.3, -0.25) is 0 Å². The SMILES string of the molecule is COc1ccc(C[NH+]2CCCCCC2)cc1OC. The van der Waals surface area contributed by atoms with Crippen molar-refractivity contribution in [2.45, 2.75) is 32.2 Å². The first-order chi connectivity index (χ1) is 8.83. The monoisotopic (exact) mass is 250 g/mol. The lowest BCUT2D eigenvalue weighted by Crippen LogP contribution is -3.10. The van der Waals surface area contributed by atoms with Crippen LogP contribution >= 0.6 is 0 Å². The number of benzene rings is 1. The van der Waals surface area contributed by atoms with Gasteiger partial charge in [0.1, 0.15) is 6.54 Å². The molecule has 1 N–H and O–H groups in total. The third kappa shape index (κ3) is 3.39. The fraction of sp³-hybridized carbons (Fsp3) is 0.600. The van der Waals surface area contributed by atoms with Crippen molar-refractivity contribution in [2.24, 2.45) is 0 Å². The van der Waals surface area contributed by atoms with Gasteiger partial charge in [-0.15, -0.1) is 0 Å². The van der Waals surface area contributed by atoms with Gasteiger partial charge in [0.25, 0.3) is 0 Å². The van der Waals surface area contributed by atoms with E-state index in [0.29, 0.717) is 0 Å². The van der Waals surface area contributed by atoms with Crippen LogP contribution in [0.5, 0.6) is 11.5 Å². The second-order valence-electron chi connectivity index (χ2n) is 5.03. The minimum absolute atomic E-state index is 0.812. The number of hydrogen-bond donors (Lipinski definition) is 1. The van der Waals surface area contributed by atoms with E-state index in [1.807, 2.05) is 6.07 Å². The Labute approximate surface area is 110 Å².